The highest BCUT2D eigenvalue weighted by atomic mass is 32.2. The zero-order chi connectivity index (χ0) is 13.9. The number of hydrogen-bond donors (Lipinski definition) is 0. The molecule has 2 atom stereocenters. The van der Waals surface area contributed by atoms with Crippen LogP contribution in [0.2, 0.25) is 0 Å². The van der Waals surface area contributed by atoms with E-state index in [0.29, 0.717) is 10.8 Å². The van der Waals surface area contributed by atoms with Crippen LogP contribution < -0.4 is 0 Å². The van der Waals surface area contributed by atoms with Gasteiger partial charge in [-0.3, -0.25) is 0 Å². The normalized spacial score (nSPS) is 24.1. The van der Waals surface area contributed by atoms with Crippen molar-refractivity contribution < 1.29 is 8.42 Å². The molecule has 0 radical (unpaired) electrons. The summed E-state index contributed by atoms with van der Waals surface area (Å²) in [6.45, 7) is 0. The van der Waals surface area contributed by atoms with Gasteiger partial charge in [0.2, 0.25) is 0 Å². The first-order chi connectivity index (χ1) is 8.99. The fraction of sp³-hybridized carbons (Fsp3) is 0.467. The lowest BCUT2D eigenvalue weighted by Gasteiger charge is -2.05. The molecule has 0 saturated heterocycles. The van der Waals surface area contributed by atoms with Crippen molar-refractivity contribution in [3.63, 3.8) is 0 Å². The summed E-state index contributed by atoms with van der Waals surface area (Å²) in [5, 5.41) is 0.789. The molecule has 2 rings (SSSR count). The maximum absolute atomic E-state index is 11.5. The van der Waals surface area contributed by atoms with Gasteiger partial charge in [0, 0.05) is 11.5 Å². The summed E-state index contributed by atoms with van der Waals surface area (Å²) >= 11 is 1.95. The summed E-state index contributed by atoms with van der Waals surface area (Å²) in [6, 6.07) is 7.14. The molecule has 1 aromatic rings. The Morgan fingerprint density at radius 1 is 1.32 bits per heavy atom. The molecule has 1 aromatic carbocycles. The van der Waals surface area contributed by atoms with Gasteiger partial charge in [0.1, 0.15) is 0 Å². The van der Waals surface area contributed by atoms with Crippen LogP contribution in [0.5, 0.6) is 0 Å². The van der Waals surface area contributed by atoms with Crippen LogP contribution in [0.25, 0.3) is 6.08 Å². The van der Waals surface area contributed by atoms with Crippen LogP contribution in [0.15, 0.2) is 35.2 Å². The number of thioether (sulfide) groups is 1. The Hall–Kier alpha value is -0.740. The molecule has 0 aromatic heterocycles. The van der Waals surface area contributed by atoms with Gasteiger partial charge in [-0.15, -0.1) is 0 Å². The van der Waals surface area contributed by atoms with Crippen LogP contribution >= 0.6 is 11.8 Å². The Kier molecular flexibility index (Phi) is 4.74. The van der Waals surface area contributed by atoms with Gasteiger partial charge in [-0.25, -0.2) is 8.42 Å². The Labute approximate surface area is 120 Å². The van der Waals surface area contributed by atoms with E-state index in [-0.39, 0.29) is 0 Å². The van der Waals surface area contributed by atoms with Crippen LogP contribution in [-0.4, -0.2) is 26.2 Å². The fourth-order valence-corrected chi connectivity index (χ4v) is 3.95. The van der Waals surface area contributed by atoms with Gasteiger partial charge in [0.05, 0.1) is 4.90 Å². The van der Waals surface area contributed by atoms with Crippen LogP contribution in [0.4, 0.5) is 0 Å². The molecule has 104 valence electrons. The molecule has 2 unspecified atom stereocenters. The van der Waals surface area contributed by atoms with Crippen molar-refractivity contribution in [2.75, 3.05) is 12.5 Å². The smallest absolute Gasteiger partial charge is 0.175 e. The van der Waals surface area contributed by atoms with Gasteiger partial charge in [-0.2, -0.15) is 11.8 Å². The molecule has 0 spiro atoms. The second-order valence-corrected chi connectivity index (χ2v) is 8.29. The van der Waals surface area contributed by atoms with Gasteiger partial charge >= 0.3 is 0 Å². The molecular weight excluding hydrogens is 276 g/mol. The van der Waals surface area contributed by atoms with Gasteiger partial charge in [-0.05, 0) is 49.1 Å². The van der Waals surface area contributed by atoms with Gasteiger partial charge in [-0.1, -0.05) is 24.3 Å². The monoisotopic (exact) mass is 296 g/mol. The third-order valence-corrected chi connectivity index (χ3v) is 5.81. The van der Waals surface area contributed by atoms with E-state index in [1.165, 1.54) is 25.5 Å². The van der Waals surface area contributed by atoms with Crippen molar-refractivity contribution in [1.29, 1.82) is 0 Å². The molecule has 19 heavy (non-hydrogen) atoms. The Balaban J connectivity index is 2.08. The van der Waals surface area contributed by atoms with E-state index < -0.39 is 9.84 Å². The zero-order valence-corrected chi connectivity index (χ0v) is 13.0. The van der Waals surface area contributed by atoms with Crippen LogP contribution in [0, 0.1) is 5.92 Å². The van der Waals surface area contributed by atoms with Crippen molar-refractivity contribution in [2.24, 2.45) is 5.92 Å². The average molecular weight is 296 g/mol. The molecule has 0 heterocycles. The maximum Gasteiger partial charge on any atom is 0.175 e. The first kappa shape index (κ1) is 14.7. The molecule has 1 saturated carbocycles. The Bertz CT molecular complexity index is 561. The highest BCUT2D eigenvalue weighted by molar-refractivity contribution is 7.99. The largest absolute Gasteiger partial charge is 0.224 e. The topological polar surface area (TPSA) is 34.1 Å². The van der Waals surface area contributed by atoms with Gasteiger partial charge in [0.25, 0.3) is 0 Å². The first-order valence-corrected chi connectivity index (χ1v) is 9.68. The van der Waals surface area contributed by atoms with Crippen LogP contribution in [0.3, 0.4) is 0 Å². The van der Waals surface area contributed by atoms with Gasteiger partial charge in [0.15, 0.2) is 9.84 Å². The van der Waals surface area contributed by atoms with Crippen LogP contribution in [0.1, 0.15) is 24.8 Å². The molecule has 0 N–H and O–H groups in total. The lowest BCUT2D eigenvalue weighted by Crippen LogP contribution is -1.97. The van der Waals surface area contributed by atoms with E-state index in [1.54, 1.807) is 18.2 Å². The molecule has 1 aliphatic rings. The number of hydrogen-bond acceptors (Lipinski definition) is 3. The standard InChI is InChI=1S/C15H20O2S2/c1-18-14-9-8-13(10-14)7-6-12-4-3-5-15(11-12)19(2,16)17/h3-7,11,13-14H,8-10H2,1-2H3/b7-6+. The van der Waals surface area contributed by atoms with Crippen molar-refractivity contribution >= 4 is 27.7 Å². The fourth-order valence-electron chi connectivity index (χ4n) is 2.46. The lowest BCUT2D eigenvalue weighted by atomic mass is 10.1. The number of allylic oxidation sites excluding steroid dienone is 1. The van der Waals surface area contributed by atoms with E-state index in [0.717, 1.165) is 10.8 Å². The summed E-state index contributed by atoms with van der Waals surface area (Å²) in [4.78, 5) is 0.392. The van der Waals surface area contributed by atoms with Crippen molar-refractivity contribution in [3.05, 3.63) is 35.9 Å². The molecule has 4 heteroatoms. The highest BCUT2D eigenvalue weighted by Gasteiger charge is 2.21. The molecule has 0 aliphatic heterocycles. The second-order valence-electron chi connectivity index (χ2n) is 5.13. The minimum atomic E-state index is -3.11. The minimum absolute atomic E-state index is 0.392. The number of benzene rings is 1. The highest BCUT2D eigenvalue weighted by Crippen LogP contribution is 2.33. The summed E-state index contributed by atoms with van der Waals surface area (Å²) in [5.74, 6) is 0.638. The van der Waals surface area contributed by atoms with E-state index in [2.05, 4.69) is 18.4 Å². The third-order valence-electron chi connectivity index (χ3n) is 3.61. The summed E-state index contributed by atoms with van der Waals surface area (Å²) in [6.07, 6.45) is 11.5. The molecule has 0 bridgehead atoms. The molecule has 1 fully saturated rings. The summed E-state index contributed by atoms with van der Waals surface area (Å²) in [5.41, 5.74) is 0.968. The minimum Gasteiger partial charge on any atom is -0.224 e. The SMILES string of the molecule is CSC1CCC(/C=C/c2cccc(S(C)(=O)=O)c2)C1. The second kappa shape index (κ2) is 6.14. The molecule has 0 amide bonds. The zero-order valence-electron chi connectivity index (χ0n) is 11.4. The van der Waals surface area contributed by atoms with Crippen LogP contribution in [-0.2, 0) is 9.84 Å². The Morgan fingerprint density at radius 3 is 2.74 bits per heavy atom. The van der Waals surface area contributed by atoms with Crippen molar-refractivity contribution in [1.82, 2.24) is 0 Å². The van der Waals surface area contributed by atoms with E-state index in [1.807, 2.05) is 17.8 Å². The predicted octanol–water partition coefficient (Wildman–Crippen LogP) is 3.64. The number of sulfone groups is 1. The van der Waals surface area contributed by atoms with Crippen molar-refractivity contribution in [2.45, 2.75) is 29.4 Å². The lowest BCUT2D eigenvalue weighted by molar-refractivity contribution is 0.602. The molecule has 2 nitrogen and oxygen atoms in total. The van der Waals surface area contributed by atoms with Crippen molar-refractivity contribution in [3.8, 4) is 0 Å². The first-order valence-electron chi connectivity index (χ1n) is 6.50. The summed E-state index contributed by atoms with van der Waals surface area (Å²) in [7, 11) is -3.11. The van der Waals surface area contributed by atoms with E-state index in [4.69, 9.17) is 0 Å². The third kappa shape index (κ3) is 4.11. The predicted molar refractivity (Wildman–Crippen MR) is 83.2 cm³/mol. The Morgan fingerprint density at radius 2 is 2.11 bits per heavy atom. The maximum atomic E-state index is 11.5. The van der Waals surface area contributed by atoms with E-state index >= 15 is 0 Å². The summed E-state index contributed by atoms with van der Waals surface area (Å²) < 4.78 is 23.0. The van der Waals surface area contributed by atoms with E-state index in [9.17, 15) is 8.42 Å². The quantitative estimate of drug-likeness (QED) is 0.851. The molecular formula is C15H20O2S2. The van der Waals surface area contributed by atoms with Gasteiger partial charge < -0.3 is 0 Å². The number of rotatable bonds is 4. The molecule has 1 aliphatic carbocycles. The average Bonchev–Trinajstić information content (AvgIpc) is 2.84.